The number of anilines is 1. The molecule has 0 saturated heterocycles. The van der Waals surface area contributed by atoms with E-state index >= 15 is 0 Å². The maximum absolute atomic E-state index is 14.0. The van der Waals surface area contributed by atoms with Gasteiger partial charge in [-0.2, -0.15) is 0 Å². The van der Waals surface area contributed by atoms with Crippen molar-refractivity contribution in [3.8, 4) is 0 Å². The van der Waals surface area contributed by atoms with Crippen molar-refractivity contribution in [3.63, 3.8) is 0 Å². The van der Waals surface area contributed by atoms with Crippen molar-refractivity contribution < 1.29 is 30.8 Å². The number of benzene rings is 2. The van der Waals surface area contributed by atoms with Gasteiger partial charge in [0.1, 0.15) is 22.2 Å². The minimum atomic E-state index is -0.969. The van der Waals surface area contributed by atoms with E-state index in [1.807, 2.05) is 30.3 Å². The standard InChI is InChI=1S/C22H19F2N3O2S.ClH/c23-15-7-4-8-16(24)19(15)21(29)26-22-18(20(25)28)14-9-10-27(12-17(14)30-22)11-13-5-2-1-3-6-13;/h1-8H,9-12H2,(H2,25,28)(H,26,29);1H/p-1. The molecule has 1 aromatic heterocycles. The Bertz CT molecular complexity index is 1100. The predicted octanol–water partition coefficient (Wildman–Crippen LogP) is 0.940. The fourth-order valence-corrected chi connectivity index (χ4v) is 4.95. The van der Waals surface area contributed by atoms with Crippen molar-refractivity contribution in [3.05, 3.63) is 87.3 Å². The SMILES string of the molecule is NC(=O)c1c(NC(=O)c2c(F)cccc2F)sc2c1CCN(Cc1ccccc1)C2.[Cl-]. The normalized spacial score (nSPS) is 13.2. The number of nitrogens with one attached hydrogen (secondary N) is 1. The van der Waals surface area contributed by atoms with Gasteiger partial charge in [0, 0.05) is 24.5 Å². The maximum Gasteiger partial charge on any atom is 0.262 e. The Balaban J connectivity index is 0.00000272. The smallest absolute Gasteiger partial charge is 0.262 e. The average Bonchev–Trinajstić information content (AvgIpc) is 3.05. The number of nitrogens with zero attached hydrogens (tertiary/aromatic N) is 1. The van der Waals surface area contributed by atoms with Gasteiger partial charge in [-0.3, -0.25) is 14.5 Å². The summed E-state index contributed by atoms with van der Waals surface area (Å²) in [6.45, 7) is 2.08. The predicted molar refractivity (Wildman–Crippen MR) is 111 cm³/mol. The van der Waals surface area contributed by atoms with Gasteiger partial charge >= 0.3 is 0 Å². The largest absolute Gasteiger partial charge is 1.00 e. The Morgan fingerprint density at radius 1 is 1.03 bits per heavy atom. The third-order valence-electron chi connectivity index (χ3n) is 5.05. The van der Waals surface area contributed by atoms with E-state index in [-0.39, 0.29) is 23.0 Å². The highest BCUT2D eigenvalue weighted by Gasteiger charge is 2.28. The van der Waals surface area contributed by atoms with Crippen LogP contribution in [0.25, 0.3) is 0 Å². The summed E-state index contributed by atoms with van der Waals surface area (Å²) in [5.41, 5.74) is 7.07. The van der Waals surface area contributed by atoms with Crippen LogP contribution in [0.4, 0.5) is 13.8 Å². The summed E-state index contributed by atoms with van der Waals surface area (Å²) in [6.07, 6.45) is 0.598. The average molecular weight is 463 g/mol. The topological polar surface area (TPSA) is 75.4 Å². The second kappa shape index (κ2) is 9.55. The summed E-state index contributed by atoms with van der Waals surface area (Å²) in [5, 5.41) is 2.72. The molecule has 0 atom stereocenters. The molecule has 2 aromatic carbocycles. The molecule has 162 valence electrons. The molecule has 4 rings (SSSR count). The molecular weight excluding hydrogens is 444 g/mol. The van der Waals surface area contributed by atoms with E-state index in [2.05, 4.69) is 10.2 Å². The highest BCUT2D eigenvalue weighted by atomic mass is 35.5. The van der Waals surface area contributed by atoms with Crippen molar-refractivity contribution >= 4 is 28.2 Å². The Morgan fingerprint density at radius 2 is 1.71 bits per heavy atom. The van der Waals surface area contributed by atoms with Crippen molar-refractivity contribution in [1.82, 2.24) is 4.90 Å². The number of carbonyl (C=O) groups is 2. The van der Waals surface area contributed by atoms with E-state index in [9.17, 15) is 18.4 Å². The molecule has 0 spiro atoms. The lowest BCUT2D eigenvalue weighted by Gasteiger charge is -2.27. The number of fused-ring (bicyclic) bond motifs is 1. The summed E-state index contributed by atoms with van der Waals surface area (Å²) >= 11 is 1.22. The van der Waals surface area contributed by atoms with Crippen molar-refractivity contribution in [2.24, 2.45) is 5.73 Å². The number of primary amides is 1. The number of carbonyl (C=O) groups excluding carboxylic acids is 2. The first-order valence-electron chi connectivity index (χ1n) is 9.40. The van der Waals surface area contributed by atoms with Gasteiger partial charge in [-0.15, -0.1) is 11.3 Å². The quantitative estimate of drug-likeness (QED) is 0.592. The zero-order chi connectivity index (χ0) is 21.3. The third kappa shape index (κ3) is 4.76. The van der Waals surface area contributed by atoms with E-state index in [0.717, 1.165) is 35.7 Å². The zero-order valence-corrected chi connectivity index (χ0v) is 17.9. The van der Waals surface area contributed by atoms with Gasteiger partial charge in [0.15, 0.2) is 0 Å². The molecule has 0 saturated carbocycles. The number of rotatable bonds is 5. The number of hydrogen-bond acceptors (Lipinski definition) is 4. The van der Waals surface area contributed by atoms with Crippen LogP contribution in [0.5, 0.6) is 0 Å². The molecule has 2 amide bonds. The van der Waals surface area contributed by atoms with Crippen LogP contribution in [-0.2, 0) is 19.5 Å². The monoisotopic (exact) mass is 462 g/mol. The number of thiophene rings is 1. The van der Waals surface area contributed by atoms with Crippen LogP contribution >= 0.6 is 11.3 Å². The second-order valence-electron chi connectivity index (χ2n) is 7.07. The van der Waals surface area contributed by atoms with Crippen LogP contribution in [0.3, 0.4) is 0 Å². The summed E-state index contributed by atoms with van der Waals surface area (Å²) in [7, 11) is 0. The van der Waals surface area contributed by atoms with Gasteiger partial charge in [0.05, 0.1) is 5.56 Å². The number of nitrogens with two attached hydrogens (primary N) is 1. The fraction of sp³-hybridized carbons (Fsp3) is 0.182. The van der Waals surface area contributed by atoms with Gasteiger partial charge in [-0.25, -0.2) is 8.78 Å². The van der Waals surface area contributed by atoms with E-state index in [1.54, 1.807) is 0 Å². The molecule has 3 aromatic rings. The number of hydrogen-bond donors (Lipinski definition) is 2. The van der Waals surface area contributed by atoms with Gasteiger partial charge in [0.2, 0.25) is 0 Å². The Morgan fingerprint density at radius 3 is 2.35 bits per heavy atom. The van der Waals surface area contributed by atoms with Crippen molar-refractivity contribution in [2.75, 3.05) is 11.9 Å². The molecule has 1 aliphatic rings. The Hall–Kier alpha value is -2.81. The van der Waals surface area contributed by atoms with Gasteiger partial charge in [-0.05, 0) is 29.7 Å². The lowest BCUT2D eigenvalue weighted by atomic mass is 10.0. The van der Waals surface area contributed by atoms with Gasteiger partial charge in [-0.1, -0.05) is 36.4 Å². The number of halogens is 3. The van der Waals surface area contributed by atoms with E-state index in [4.69, 9.17) is 5.73 Å². The second-order valence-corrected chi connectivity index (χ2v) is 8.17. The van der Waals surface area contributed by atoms with Gasteiger partial charge in [0.25, 0.3) is 11.8 Å². The molecule has 2 heterocycles. The molecule has 0 bridgehead atoms. The highest BCUT2D eigenvalue weighted by molar-refractivity contribution is 7.17. The summed E-state index contributed by atoms with van der Waals surface area (Å²) < 4.78 is 27.9. The van der Waals surface area contributed by atoms with Crippen molar-refractivity contribution in [2.45, 2.75) is 19.5 Å². The molecule has 9 heteroatoms. The molecule has 0 unspecified atom stereocenters. The molecule has 1 aliphatic heterocycles. The first kappa shape index (κ1) is 22.9. The first-order chi connectivity index (χ1) is 14.4. The molecule has 0 aliphatic carbocycles. The molecule has 3 N–H and O–H groups in total. The number of amides is 2. The van der Waals surface area contributed by atoms with E-state index in [1.165, 1.54) is 23.0 Å². The summed E-state index contributed by atoms with van der Waals surface area (Å²) in [4.78, 5) is 27.7. The highest BCUT2D eigenvalue weighted by Crippen LogP contribution is 2.37. The van der Waals surface area contributed by atoms with Gasteiger partial charge < -0.3 is 23.5 Å². The Labute approximate surface area is 188 Å². The Kier molecular flexibility index (Phi) is 7.04. The van der Waals surface area contributed by atoms with Crippen LogP contribution in [0.2, 0.25) is 0 Å². The van der Waals surface area contributed by atoms with Crippen LogP contribution in [0.15, 0.2) is 48.5 Å². The van der Waals surface area contributed by atoms with Crippen LogP contribution < -0.4 is 23.5 Å². The molecule has 0 radical (unpaired) electrons. The minimum absolute atomic E-state index is 0. The summed E-state index contributed by atoms with van der Waals surface area (Å²) in [6, 6.07) is 13.2. The van der Waals surface area contributed by atoms with E-state index in [0.29, 0.717) is 13.0 Å². The zero-order valence-electron chi connectivity index (χ0n) is 16.3. The lowest BCUT2D eigenvalue weighted by Crippen LogP contribution is -3.00. The maximum atomic E-state index is 14.0. The van der Waals surface area contributed by atoms with Crippen LogP contribution in [0, 0.1) is 11.6 Å². The first-order valence-corrected chi connectivity index (χ1v) is 10.2. The van der Waals surface area contributed by atoms with E-state index < -0.39 is 29.0 Å². The molecule has 0 fully saturated rings. The van der Waals surface area contributed by atoms with Crippen molar-refractivity contribution in [1.29, 1.82) is 0 Å². The molecule has 5 nitrogen and oxygen atoms in total. The summed E-state index contributed by atoms with van der Waals surface area (Å²) in [5.74, 6) is -3.56. The van der Waals surface area contributed by atoms with Crippen LogP contribution in [0.1, 0.15) is 36.7 Å². The molecular formula is C22H19ClF2N3O2S-. The fourth-order valence-electron chi connectivity index (χ4n) is 3.66. The minimum Gasteiger partial charge on any atom is -1.00 e. The lowest BCUT2D eigenvalue weighted by molar-refractivity contribution is -0.0000236. The third-order valence-corrected chi connectivity index (χ3v) is 6.18. The van der Waals surface area contributed by atoms with Crippen LogP contribution in [-0.4, -0.2) is 23.3 Å². The molecule has 31 heavy (non-hydrogen) atoms.